The van der Waals surface area contributed by atoms with Gasteiger partial charge < -0.3 is 34.3 Å². The number of rotatable bonds is 15. The average Bonchev–Trinajstić information content (AvgIpc) is 2.80. The predicted octanol–water partition coefficient (Wildman–Crippen LogP) is 1.80. The molecule has 1 aromatic heterocycles. The van der Waals surface area contributed by atoms with E-state index in [2.05, 4.69) is 25.8 Å². The lowest BCUT2D eigenvalue weighted by molar-refractivity contribution is -0.727. The summed E-state index contributed by atoms with van der Waals surface area (Å²) in [4.78, 5) is 17.3. The number of carbonyl (C=O) groups excluding carboxylic acids is 1. The van der Waals surface area contributed by atoms with Crippen molar-refractivity contribution < 1.29 is 33.0 Å². The first-order chi connectivity index (χ1) is 15.8. The quantitative estimate of drug-likeness (QED) is 0.103. The van der Waals surface area contributed by atoms with E-state index in [1.807, 2.05) is 6.07 Å². The molecule has 0 atom stereocenters. The fourth-order valence-corrected chi connectivity index (χ4v) is 2.52. The first-order valence-electron chi connectivity index (χ1n) is 10.8. The molecule has 0 aromatic carbocycles. The molecule has 1 heterocycles. The summed E-state index contributed by atoms with van der Waals surface area (Å²) in [5.41, 5.74) is 6.68. The summed E-state index contributed by atoms with van der Waals surface area (Å²) in [6.45, 7) is 8.99. The molecule has 0 fully saturated rings. The van der Waals surface area contributed by atoms with Gasteiger partial charge in [0.05, 0.1) is 33.0 Å². The summed E-state index contributed by atoms with van der Waals surface area (Å²) in [7, 11) is 1.61. The van der Waals surface area contributed by atoms with Gasteiger partial charge in [-0.15, -0.1) is 4.99 Å². The first-order valence-corrected chi connectivity index (χ1v) is 10.8. The Morgan fingerprint density at radius 2 is 1.85 bits per heavy atom. The van der Waals surface area contributed by atoms with Crippen molar-refractivity contribution in [3.63, 3.8) is 0 Å². The van der Waals surface area contributed by atoms with Crippen molar-refractivity contribution in [1.29, 1.82) is 5.26 Å². The van der Waals surface area contributed by atoms with E-state index < -0.39 is 6.16 Å². The zero-order valence-corrected chi connectivity index (χ0v) is 20.0. The Labute approximate surface area is 195 Å². The van der Waals surface area contributed by atoms with Crippen LogP contribution in [-0.4, -0.2) is 65.4 Å². The lowest BCUT2D eigenvalue weighted by Crippen LogP contribution is -2.45. The largest absolute Gasteiger partial charge is 0.513 e. The van der Waals surface area contributed by atoms with Crippen LogP contribution in [-0.2, 0) is 30.4 Å². The number of carbonyl (C=O) groups is 1. The maximum atomic E-state index is 11.8. The zero-order valence-electron chi connectivity index (χ0n) is 20.0. The second-order valence-electron chi connectivity index (χ2n) is 7.84. The van der Waals surface area contributed by atoms with Crippen LogP contribution in [0.1, 0.15) is 27.2 Å². The van der Waals surface area contributed by atoms with E-state index in [-0.39, 0.29) is 31.3 Å². The lowest BCUT2D eigenvalue weighted by Gasteiger charge is -2.31. The highest BCUT2D eigenvalue weighted by molar-refractivity contribution is 5.95. The van der Waals surface area contributed by atoms with E-state index in [9.17, 15) is 4.79 Å². The monoisotopic (exact) mass is 466 g/mol. The average molecular weight is 467 g/mol. The van der Waals surface area contributed by atoms with Crippen molar-refractivity contribution in [2.75, 3.05) is 58.2 Å². The van der Waals surface area contributed by atoms with Crippen LogP contribution in [0.4, 0.5) is 10.5 Å². The molecule has 0 amide bonds. The van der Waals surface area contributed by atoms with Crippen molar-refractivity contribution in [1.82, 2.24) is 0 Å². The van der Waals surface area contributed by atoms with Gasteiger partial charge in [-0.3, -0.25) is 0 Å². The van der Waals surface area contributed by atoms with E-state index in [4.69, 9.17) is 34.7 Å². The maximum absolute atomic E-state index is 11.8. The highest BCUT2D eigenvalue weighted by Crippen LogP contribution is 2.24. The Morgan fingerprint density at radius 1 is 1.18 bits per heavy atom. The fraction of sp³-hybridized carbons (Fsp3) is 0.636. The van der Waals surface area contributed by atoms with Gasteiger partial charge in [-0.2, -0.15) is 9.83 Å². The van der Waals surface area contributed by atoms with Gasteiger partial charge in [0.2, 0.25) is 12.2 Å². The molecule has 1 rings (SSSR count). The number of nitrogens with zero attached hydrogens (tertiary/aromatic N) is 4. The van der Waals surface area contributed by atoms with Crippen LogP contribution in [0.2, 0.25) is 0 Å². The number of hydrogen-bond acceptors (Lipinski definition) is 8. The van der Waals surface area contributed by atoms with Crippen molar-refractivity contribution >= 4 is 17.8 Å². The van der Waals surface area contributed by atoms with Gasteiger partial charge in [0.15, 0.2) is 12.4 Å². The molecule has 2 N–H and O–H groups in total. The second-order valence-corrected chi connectivity index (χ2v) is 7.84. The van der Waals surface area contributed by atoms with Crippen LogP contribution in [0.15, 0.2) is 29.5 Å². The normalized spacial score (nSPS) is 11.7. The highest BCUT2D eigenvalue weighted by atomic mass is 16.7. The lowest BCUT2D eigenvalue weighted by atomic mass is 9.89. The minimum atomic E-state index is -0.803. The molecule has 0 spiro atoms. The summed E-state index contributed by atoms with van der Waals surface area (Å²) in [5, 5.41) is 8.91. The Hall–Kier alpha value is -2.94. The molecule has 0 saturated carbocycles. The number of nitriles is 1. The Kier molecular flexibility index (Phi) is 13.4. The standard InChI is InChI=1S/C22H36N5O6/c1-5-22(2,3)16-27(20(24)25-17-23)19-7-6-8-26(15-19)18-33-21(28)32-14-13-31-12-11-30-10-9-29-4/h6-8,15H,5,9-14,16,18H2,1-4H3,(H2,24,25)/q+1. The molecule has 0 bridgehead atoms. The van der Waals surface area contributed by atoms with Crippen LogP contribution in [0.5, 0.6) is 0 Å². The topological polar surface area (TPSA) is 133 Å². The van der Waals surface area contributed by atoms with E-state index >= 15 is 0 Å². The number of hydrogen-bond donors (Lipinski definition) is 1. The summed E-state index contributed by atoms with van der Waals surface area (Å²) < 4.78 is 27.2. The van der Waals surface area contributed by atoms with Crippen molar-refractivity contribution in [3.05, 3.63) is 24.5 Å². The molecule has 0 aliphatic heterocycles. The van der Waals surface area contributed by atoms with E-state index in [1.165, 1.54) is 0 Å². The summed E-state index contributed by atoms with van der Waals surface area (Å²) in [5.74, 6) is 0.0983. The van der Waals surface area contributed by atoms with Crippen molar-refractivity contribution in [3.8, 4) is 6.19 Å². The Balaban J connectivity index is 2.51. The molecular formula is C22H36N5O6+. The van der Waals surface area contributed by atoms with Crippen LogP contribution in [0, 0.1) is 16.9 Å². The van der Waals surface area contributed by atoms with Gasteiger partial charge in [0, 0.05) is 19.7 Å². The number of ether oxygens (including phenoxy) is 5. The number of guanidine groups is 1. The minimum absolute atomic E-state index is 0.0544. The minimum Gasteiger partial charge on any atom is -0.432 e. The van der Waals surface area contributed by atoms with Gasteiger partial charge in [0.25, 0.3) is 6.73 Å². The van der Waals surface area contributed by atoms with Gasteiger partial charge in [-0.25, -0.2) is 4.79 Å². The van der Waals surface area contributed by atoms with E-state index in [0.717, 1.165) is 6.42 Å². The number of anilines is 1. The summed E-state index contributed by atoms with van der Waals surface area (Å²) >= 11 is 0. The third-order valence-corrected chi connectivity index (χ3v) is 4.72. The summed E-state index contributed by atoms with van der Waals surface area (Å²) in [6.07, 6.45) is 5.33. The molecule has 33 heavy (non-hydrogen) atoms. The van der Waals surface area contributed by atoms with Crippen molar-refractivity contribution in [2.24, 2.45) is 16.1 Å². The van der Waals surface area contributed by atoms with E-state index in [1.54, 1.807) is 41.2 Å². The second kappa shape index (κ2) is 15.8. The third-order valence-electron chi connectivity index (χ3n) is 4.72. The molecule has 0 aliphatic carbocycles. The molecule has 184 valence electrons. The third kappa shape index (κ3) is 12.0. The van der Waals surface area contributed by atoms with Crippen LogP contribution < -0.4 is 15.2 Å². The molecule has 0 radical (unpaired) electrons. The highest BCUT2D eigenvalue weighted by Gasteiger charge is 2.24. The molecule has 11 nitrogen and oxygen atoms in total. The molecule has 0 aliphatic rings. The number of methoxy groups -OCH3 is 1. The van der Waals surface area contributed by atoms with Crippen molar-refractivity contribution in [2.45, 2.75) is 33.9 Å². The smallest absolute Gasteiger partial charge is 0.432 e. The van der Waals surface area contributed by atoms with Gasteiger partial charge in [-0.1, -0.05) is 20.8 Å². The first kappa shape index (κ1) is 28.1. The van der Waals surface area contributed by atoms with Gasteiger partial charge in [-0.05, 0) is 17.9 Å². The van der Waals surface area contributed by atoms with Gasteiger partial charge in [0.1, 0.15) is 12.3 Å². The molecule has 1 aromatic rings. The maximum Gasteiger partial charge on any atom is 0.513 e. The Bertz CT molecular complexity index is 781. The van der Waals surface area contributed by atoms with Crippen LogP contribution in [0.25, 0.3) is 0 Å². The van der Waals surface area contributed by atoms with Gasteiger partial charge >= 0.3 is 6.16 Å². The number of pyridine rings is 1. The van der Waals surface area contributed by atoms with Crippen LogP contribution in [0.3, 0.4) is 0 Å². The number of aliphatic imine (C=N–C) groups is 1. The van der Waals surface area contributed by atoms with E-state index in [0.29, 0.717) is 38.7 Å². The summed E-state index contributed by atoms with van der Waals surface area (Å²) in [6, 6.07) is 3.63. The SMILES string of the molecule is CCC(C)(C)CN(C(N)=NC#N)c1ccc[n+](COC(=O)OCCOCCOCCOC)c1. The predicted molar refractivity (Wildman–Crippen MR) is 121 cm³/mol. The molecule has 0 unspecified atom stereocenters. The molecular weight excluding hydrogens is 430 g/mol. The van der Waals surface area contributed by atoms with Crippen LogP contribution >= 0.6 is 0 Å². The fourth-order valence-electron chi connectivity index (χ4n) is 2.52. The molecule has 11 heteroatoms. The number of nitrogens with two attached hydrogens (primary N) is 1. The zero-order chi connectivity index (χ0) is 24.5. The molecule has 0 saturated heterocycles. The Morgan fingerprint density at radius 3 is 2.48 bits per heavy atom. The number of aromatic nitrogens is 1.